The van der Waals surface area contributed by atoms with Crippen molar-refractivity contribution in [2.24, 2.45) is 4.99 Å². The fourth-order valence-electron chi connectivity index (χ4n) is 2.80. The van der Waals surface area contributed by atoms with E-state index in [1.807, 2.05) is 11.0 Å². The van der Waals surface area contributed by atoms with Crippen molar-refractivity contribution in [1.29, 1.82) is 0 Å². The van der Waals surface area contributed by atoms with Crippen molar-refractivity contribution < 1.29 is 4.79 Å². The van der Waals surface area contributed by atoms with Gasteiger partial charge in [-0.05, 0) is 41.1 Å². The Bertz CT molecular complexity index is 827. The maximum atomic E-state index is 12.5. The molecule has 0 radical (unpaired) electrons. The number of carbonyl (C=O) groups is 1. The number of thiophene rings is 1. The van der Waals surface area contributed by atoms with E-state index in [1.165, 1.54) is 10.4 Å². The molecule has 9 heteroatoms. The molecule has 5 nitrogen and oxygen atoms in total. The molecule has 3 rings (SSSR count). The molecule has 0 saturated carbocycles. The molecule has 1 aromatic carbocycles. The van der Waals surface area contributed by atoms with Gasteiger partial charge in [-0.1, -0.05) is 29.3 Å². The van der Waals surface area contributed by atoms with E-state index in [9.17, 15) is 4.79 Å². The van der Waals surface area contributed by atoms with E-state index in [2.05, 4.69) is 27.1 Å². The Hall–Kier alpha value is -1.03. The Kier molecular flexibility index (Phi) is 8.65. The monoisotopic (exact) mass is 538 g/mol. The SMILES string of the molecule is CN=C(NCC(=O)N1CCc2sccc2C1)NCc1ccc(Cl)cc1Cl.I. The number of hydrogen-bond donors (Lipinski definition) is 2. The number of aliphatic imine (C=N–C) groups is 1. The largest absolute Gasteiger partial charge is 0.352 e. The van der Waals surface area contributed by atoms with Gasteiger partial charge in [-0.15, -0.1) is 35.3 Å². The highest BCUT2D eigenvalue weighted by Crippen LogP contribution is 2.24. The van der Waals surface area contributed by atoms with E-state index in [0.29, 0.717) is 29.1 Å². The van der Waals surface area contributed by atoms with E-state index in [-0.39, 0.29) is 36.4 Å². The highest BCUT2D eigenvalue weighted by molar-refractivity contribution is 14.0. The molecule has 1 amide bonds. The second-order valence-electron chi connectivity index (χ2n) is 5.95. The van der Waals surface area contributed by atoms with Crippen LogP contribution in [0.1, 0.15) is 16.0 Å². The molecular formula is C18H21Cl2IN4OS. The highest BCUT2D eigenvalue weighted by atomic mass is 127. The first kappa shape index (κ1) is 22.3. The van der Waals surface area contributed by atoms with Crippen LogP contribution in [0.2, 0.25) is 10.0 Å². The predicted molar refractivity (Wildman–Crippen MR) is 124 cm³/mol. The summed E-state index contributed by atoms with van der Waals surface area (Å²) >= 11 is 13.8. The lowest BCUT2D eigenvalue weighted by Crippen LogP contribution is -2.45. The lowest BCUT2D eigenvalue weighted by Gasteiger charge is -2.27. The van der Waals surface area contributed by atoms with Crippen LogP contribution in [-0.4, -0.2) is 36.9 Å². The molecule has 0 saturated heterocycles. The average molecular weight is 539 g/mol. The number of carbonyl (C=O) groups excluding carboxylic acids is 1. The summed E-state index contributed by atoms with van der Waals surface area (Å²) in [5.41, 5.74) is 2.17. The molecule has 146 valence electrons. The van der Waals surface area contributed by atoms with Crippen LogP contribution in [0.25, 0.3) is 0 Å². The fourth-order valence-corrected chi connectivity index (χ4v) is 4.16. The quantitative estimate of drug-likeness (QED) is 0.352. The molecule has 0 atom stereocenters. The van der Waals surface area contributed by atoms with Crippen molar-refractivity contribution in [3.8, 4) is 0 Å². The minimum absolute atomic E-state index is 0. The highest BCUT2D eigenvalue weighted by Gasteiger charge is 2.21. The number of rotatable bonds is 4. The van der Waals surface area contributed by atoms with Gasteiger partial charge in [0.05, 0.1) is 6.54 Å². The second-order valence-corrected chi connectivity index (χ2v) is 7.79. The van der Waals surface area contributed by atoms with Crippen LogP contribution in [0.15, 0.2) is 34.6 Å². The molecule has 2 N–H and O–H groups in total. The molecule has 2 aromatic rings. The Morgan fingerprint density at radius 3 is 2.85 bits per heavy atom. The molecule has 1 aliphatic rings. The van der Waals surface area contributed by atoms with Gasteiger partial charge in [-0.25, -0.2) is 0 Å². The Labute approximate surface area is 190 Å². The molecule has 0 bridgehead atoms. The number of amides is 1. The van der Waals surface area contributed by atoms with Crippen molar-refractivity contribution in [2.45, 2.75) is 19.5 Å². The summed E-state index contributed by atoms with van der Waals surface area (Å²) < 4.78 is 0. The zero-order valence-electron chi connectivity index (χ0n) is 14.8. The lowest BCUT2D eigenvalue weighted by molar-refractivity contribution is -0.130. The minimum Gasteiger partial charge on any atom is -0.352 e. The Balaban J connectivity index is 0.00000261. The summed E-state index contributed by atoms with van der Waals surface area (Å²) in [6.07, 6.45) is 0.931. The van der Waals surface area contributed by atoms with Crippen LogP contribution in [0, 0.1) is 0 Å². The number of nitrogens with one attached hydrogen (secondary N) is 2. The summed E-state index contributed by atoms with van der Waals surface area (Å²) in [5.74, 6) is 0.618. The van der Waals surface area contributed by atoms with Gasteiger partial charge in [0, 0.05) is 41.6 Å². The average Bonchev–Trinajstić information content (AvgIpc) is 3.10. The summed E-state index contributed by atoms with van der Waals surface area (Å²) in [4.78, 5) is 19.9. The smallest absolute Gasteiger partial charge is 0.242 e. The third-order valence-electron chi connectivity index (χ3n) is 4.25. The van der Waals surface area contributed by atoms with Gasteiger partial charge in [-0.3, -0.25) is 9.79 Å². The molecule has 1 aliphatic heterocycles. The first-order chi connectivity index (χ1) is 12.6. The fraction of sp³-hybridized carbons (Fsp3) is 0.333. The number of hydrogen-bond acceptors (Lipinski definition) is 3. The van der Waals surface area contributed by atoms with Gasteiger partial charge >= 0.3 is 0 Å². The van der Waals surface area contributed by atoms with E-state index < -0.39 is 0 Å². The maximum absolute atomic E-state index is 12.5. The molecule has 0 fully saturated rings. The van der Waals surface area contributed by atoms with Crippen molar-refractivity contribution in [3.63, 3.8) is 0 Å². The molecule has 0 aliphatic carbocycles. The molecular weight excluding hydrogens is 518 g/mol. The molecule has 1 aromatic heterocycles. The van der Waals surface area contributed by atoms with Crippen LogP contribution in [0.5, 0.6) is 0 Å². The van der Waals surface area contributed by atoms with Gasteiger partial charge in [-0.2, -0.15) is 0 Å². The summed E-state index contributed by atoms with van der Waals surface area (Å²) in [6.45, 7) is 2.14. The van der Waals surface area contributed by atoms with E-state index >= 15 is 0 Å². The number of nitrogens with zero attached hydrogens (tertiary/aromatic N) is 2. The zero-order valence-corrected chi connectivity index (χ0v) is 19.5. The third kappa shape index (κ3) is 5.97. The molecule has 2 heterocycles. The van der Waals surface area contributed by atoms with Gasteiger partial charge < -0.3 is 15.5 Å². The predicted octanol–water partition coefficient (Wildman–Crippen LogP) is 3.92. The van der Waals surface area contributed by atoms with Gasteiger partial charge in [0.15, 0.2) is 5.96 Å². The lowest BCUT2D eigenvalue weighted by atomic mass is 10.1. The summed E-state index contributed by atoms with van der Waals surface area (Å²) in [7, 11) is 1.67. The topological polar surface area (TPSA) is 56.7 Å². The summed E-state index contributed by atoms with van der Waals surface area (Å²) in [5, 5.41) is 9.51. The Morgan fingerprint density at radius 2 is 2.11 bits per heavy atom. The van der Waals surface area contributed by atoms with Crippen LogP contribution in [0.3, 0.4) is 0 Å². The van der Waals surface area contributed by atoms with Gasteiger partial charge in [0.1, 0.15) is 0 Å². The second kappa shape index (κ2) is 10.5. The number of benzene rings is 1. The zero-order chi connectivity index (χ0) is 18.5. The van der Waals surface area contributed by atoms with Crippen LogP contribution < -0.4 is 10.6 Å². The first-order valence-electron chi connectivity index (χ1n) is 8.28. The minimum atomic E-state index is 0. The molecule has 0 spiro atoms. The van der Waals surface area contributed by atoms with E-state index in [0.717, 1.165) is 18.5 Å². The van der Waals surface area contributed by atoms with Crippen LogP contribution >= 0.6 is 58.5 Å². The first-order valence-corrected chi connectivity index (χ1v) is 9.92. The number of halogens is 3. The van der Waals surface area contributed by atoms with Crippen molar-refractivity contribution in [2.75, 3.05) is 20.1 Å². The van der Waals surface area contributed by atoms with Crippen molar-refractivity contribution >= 4 is 70.4 Å². The van der Waals surface area contributed by atoms with Crippen LogP contribution in [-0.2, 0) is 24.3 Å². The molecule has 0 unspecified atom stereocenters. The van der Waals surface area contributed by atoms with E-state index in [1.54, 1.807) is 30.5 Å². The number of guanidine groups is 1. The standard InChI is InChI=1S/C18H20Cl2N4OS.HI/c1-21-18(22-9-12-2-3-14(19)8-15(12)20)23-10-17(25)24-6-4-16-13(11-24)5-7-26-16;/h2-3,5,7-8H,4,6,9-11H2,1H3,(H2,21,22,23);1H. The van der Waals surface area contributed by atoms with Gasteiger partial charge in [0.25, 0.3) is 0 Å². The van der Waals surface area contributed by atoms with Crippen molar-refractivity contribution in [1.82, 2.24) is 15.5 Å². The molecule has 27 heavy (non-hydrogen) atoms. The Morgan fingerprint density at radius 1 is 1.30 bits per heavy atom. The van der Waals surface area contributed by atoms with Crippen LogP contribution in [0.4, 0.5) is 0 Å². The third-order valence-corrected chi connectivity index (χ3v) is 5.86. The van der Waals surface area contributed by atoms with Crippen molar-refractivity contribution in [3.05, 3.63) is 55.7 Å². The maximum Gasteiger partial charge on any atom is 0.242 e. The van der Waals surface area contributed by atoms with E-state index in [4.69, 9.17) is 23.2 Å². The normalized spacial score (nSPS) is 13.6. The summed E-state index contributed by atoms with van der Waals surface area (Å²) in [6, 6.07) is 7.46. The number of fused-ring (bicyclic) bond motifs is 1. The van der Waals surface area contributed by atoms with Gasteiger partial charge in [0.2, 0.25) is 5.91 Å².